The second-order valence-electron chi connectivity index (χ2n) is 8.69. The highest BCUT2D eigenvalue weighted by Crippen LogP contribution is 2.43. The smallest absolute Gasteiger partial charge is 0.337 e. The van der Waals surface area contributed by atoms with Crippen molar-refractivity contribution in [1.82, 2.24) is 10.3 Å². The summed E-state index contributed by atoms with van der Waals surface area (Å²) in [5.41, 5.74) is 3.09. The maximum absolute atomic E-state index is 13.6. The molecular weight excluding hydrogens is 510 g/mol. The van der Waals surface area contributed by atoms with E-state index in [-0.39, 0.29) is 19.3 Å². The second kappa shape index (κ2) is 11.4. The Kier molecular flexibility index (Phi) is 8.19. The third-order valence-electron chi connectivity index (χ3n) is 6.52. The Morgan fingerprint density at radius 2 is 1.86 bits per heavy atom. The molecule has 2 heterocycles. The SMILES string of the molecule is CCOC(=O)C1=C(C)NC(C)C(C(=O)OCC)(c2ccccc2)C1Nc1nccs1.Clc1ccc2cc1-2. The molecule has 37 heavy (non-hydrogen) atoms. The van der Waals surface area contributed by atoms with E-state index in [9.17, 15) is 9.59 Å². The van der Waals surface area contributed by atoms with Gasteiger partial charge in [0.15, 0.2) is 5.13 Å². The van der Waals surface area contributed by atoms with E-state index in [1.807, 2.05) is 61.7 Å². The maximum atomic E-state index is 13.6. The molecule has 0 fully saturated rings. The number of hydrogen-bond donors (Lipinski definition) is 2. The molecule has 1 aromatic heterocycles. The number of aromatic nitrogens is 1. The van der Waals surface area contributed by atoms with Crippen LogP contribution < -0.4 is 10.6 Å². The Bertz CT molecular complexity index is 1300. The van der Waals surface area contributed by atoms with Crippen molar-refractivity contribution in [2.24, 2.45) is 0 Å². The molecule has 3 atom stereocenters. The summed E-state index contributed by atoms with van der Waals surface area (Å²) in [6.07, 6.45) is 1.67. The van der Waals surface area contributed by atoms with Crippen LogP contribution in [0.25, 0.3) is 11.1 Å². The topological polar surface area (TPSA) is 89.5 Å². The Morgan fingerprint density at radius 1 is 1.14 bits per heavy atom. The van der Waals surface area contributed by atoms with Crippen molar-refractivity contribution >= 4 is 40.0 Å². The van der Waals surface area contributed by atoms with E-state index in [4.69, 9.17) is 21.1 Å². The highest BCUT2D eigenvalue weighted by Gasteiger charge is 2.58. The minimum atomic E-state index is -1.22. The zero-order valence-electron chi connectivity index (χ0n) is 21.2. The fourth-order valence-electron chi connectivity index (χ4n) is 4.80. The number of benzene rings is 2. The van der Waals surface area contributed by atoms with E-state index >= 15 is 0 Å². The van der Waals surface area contributed by atoms with Gasteiger partial charge in [0.2, 0.25) is 0 Å². The number of carbonyl (C=O) groups excluding carboxylic acids is 2. The lowest BCUT2D eigenvalue weighted by atomic mass is 9.64. The molecule has 2 N–H and O–H groups in total. The van der Waals surface area contributed by atoms with Gasteiger partial charge >= 0.3 is 11.9 Å². The maximum Gasteiger partial charge on any atom is 0.337 e. The minimum absolute atomic E-state index is 0.224. The number of esters is 2. The van der Waals surface area contributed by atoms with Gasteiger partial charge in [0.05, 0.1) is 24.8 Å². The van der Waals surface area contributed by atoms with Crippen LogP contribution in [-0.2, 0) is 24.5 Å². The van der Waals surface area contributed by atoms with Crippen LogP contribution in [0.3, 0.4) is 0 Å². The number of hydrogen-bond acceptors (Lipinski definition) is 8. The van der Waals surface area contributed by atoms with Crippen molar-refractivity contribution in [3.8, 4) is 11.1 Å². The van der Waals surface area contributed by atoms with Crippen LogP contribution in [0.15, 0.2) is 71.4 Å². The Hall–Kier alpha value is -3.36. The van der Waals surface area contributed by atoms with E-state index in [1.54, 1.807) is 20.0 Å². The Morgan fingerprint density at radius 3 is 2.38 bits per heavy atom. The van der Waals surface area contributed by atoms with Crippen molar-refractivity contribution in [1.29, 1.82) is 0 Å². The van der Waals surface area contributed by atoms with Crippen LogP contribution in [0, 0.1) is 0 Å². The number of nitrogens with one attached hydrogen (secondary N) is 2. The summed E-state index contributed by atoms with van der Waals surface area (Å²) in [6, 6.07) is 14.3. The standard InChI is InChI=1S/C22H27N3O4S.C6H3Cl/c1-5-28-19(26)17-14(3)24-15(4)22(20(27)29-6-2,16-10-8-7-9-11-16)18(17)25-21-23-12-13-30-21;7-6-2-1-4-3-5(4)6/h7-13,15,18,24H,5-6H2,1-4H3,(H,23,25);1-3H. The fraction of sp³-hybridized carbons (Fsp3) is 0.321. The molecule has 0 saturated heterocycles. The van der Waals surface area contributed by atoms with Crippen molar-refractivity contribution in [3.05, 3.63) is 82.0 Å². The van der Waals surface area contributed by atoms with E-state index in [0.29, 0.717) is 16.4 Å². The predicted molar refractivity (Wildman–Crippen MR) is 147 cm³/mol. The molecule has 3 unspecified atom stereocenters. The van der Waals surface area contributed by atoms with Crippen LogP contribution in [-0.4, -0.2) is 42.2 Å². The fourth-order valence-corrected chi connectivity index (χ4v) is 5.59. The van der Waals surface area contributed by atoms with Gasteiger partial charge in [-0.2, -0.15) is 0 Å². The van der Waals surface area contributed by atoms with Gasteiger partial charge in [-0.1, -0.05) is 48.0 Å². The van der Waals surface area contributed by atoms with Crippen molar-refractivity contribution < 1.29 is 19.1 Å². The molecule has 7 nitrogen and oxygen atoms in total. The number of nitrogens with zero attached hydrogens (tertiary/aromatic N) is 1. The average Bonchev–Trinajstić information content (AvgIpc) is 3.31. The molecule has 5 rings (SSSR count). The number of thiazole rings is 1. The lowest BCUT2D eigenvalue weighted by Crippen LogP contribution is -2.66. The summed E-state index contributed by atoms with van der Waals surface area (Å²) in [4.78, 5) is 31.0. The van der Waals surface area contributed by atoms with E-state index < -0.39 is 23.4 Å². The second-order valence-corrected chi connectivity index (χ2v) is 9.99. The summed E-state index contributed by atoms with van der Waals surface area (Å²) >= 11 is 7.04. The summed E-state index contributed by atoms with van der Waals surface area (Å²) in [5, 5.41) is 10.0. The molecule has 1 aromatic carbocycles. The van der Waals surface area contributed by atoms with E-state index in [0.717, 1.165) is 10.6 Å². The summed E-state index contributed by atoms with van der Waals surface area (Å²) in [6.45, 7) is 7.72. The van der Waals surface area contributed by atoms with Gasteiger partial charge in [-0.25, -0.2) is 9.78 Å². The highest BCUT2D eigenvalue weighted by atomic mass is 35.5. The van der Waals surface area contributed by atoms with E-state index in [2.05, 4.69) is 21.7 Å². The Balaban J connectivity index is 0.000000387. The lowest BCUT2D eigenvalue weighted by molar-refractivity contribution is -0.152. The van der Waals surface area contributed by atoms with Crippen molar-refractivity contribution in [2.75, 3.05) is 18.5 Å². The third kappa shape index (κ3) is 5.22. The zero-order valence-corrected chi connectivity index (χ0v) is 22.8. The van der Waals surface area contributed by atoms with Crippen LogP contribution in [0.5, 0.6) is 0 Å². The number of anilines is 1. The number of allylic oxidation sites excluding steroid dienone is 1. The van der Waals surface area contributed by atoms with Crippen molar-refractivity contribution in [2.45, 2.75) is 45.2 Å². The number of carbonyl (C=O) groups is 2. The van der Waals surface area contributed by atoms with Crippen LogP contribution in [0.4, 0.5) is 5.13 Å². The molecule has 2 aliphatic carbocycles. The van der Waals surface area contributed by atoms with Gasteiger partial charge in [-0.3, -0.25) is 4.79 Å². The monoisotopic (exact) mass is 539 g/mol. The first kappa shape index (κ1) is 26.7. The van der Waals surface area contributed by atoms with Gasteiger partial charge < -0.3 is 20.1 Å². The largest absolute Gasteiger partial charge is 0.465 e. The van der Waals surface area contributed by atoms with Gasteiger partial charge in [-0.05, 0) is 51.0 Å². The molecule has 0 bridgehead atoms. The van der Waals surface area contributed by atoms with Gasteiger partial charge in [0, 0.05) is 33.9 Å². The molecule has 0 radical (unpaired) electrons. The average molecular weight is 540 g/mol. The first-order chi connectivity index (χ1) is 17.8. The molecule has 0 amide bonds. The summed E-state index contributed by atoms with van der Waals surface area (Å²) in [5.74, 6) is -0.896. The van der Waals surface area contributed by atoms with E-state index in [1.165, 1.54) is 22.5 Å². The number of rotatable bonds is 7. The quantitative estimate of drug-likeness (QED) is 0.296. The van der Waals surface area contributed by atoms with Crippen LogP contribution in [0.1, 0.15) is 33.3 Å². The molecule has 0 saturated carbocycles. The molecule has 194 valence electrons. The molecule has 9 heteroatoms. The molecule has 3 aliphatic rings. The lowest BCUT2D eigenvalue weighted by Gasteiger charge is -2.48. The Labute approximate surface area is 225 Å². The summed E-state index contributed by atoms with van der Waals surface area (Å²) in [7, 11) is 0. The van der Waals surface area contributed by atoms with Crippen LogP contribution >= 0.6 is 22.9 Å². The molecule has 0 spiro atoms. The summed E-state index contributed by atoms with van der Waals surface area (Å²) < 4.78 is 10.9. The number of fused-ring (bicyclic) bond motifs is 1. The van der Waals surface area contributed by atoms with Crippen LogP contribution in [0.2, 0.25) is 5.02 Å². The first-order valence-electron chi connectivity index (χ1n) is 12.2. The predicted octanol–water partition coefficient (Wildman–Crippen LogP) is 5.57. The number of ether oxygens (including phenoxy) is 2. The van der Waals surface area contributed by atoms with Gasteiger partial charge in [0.25, 0.3) is 0 Å². The highest BCUT2D eigenvalue weighted by molar-refractivity contribution is 7.13. The van der Waals surface area contributed by atoms with Gasteiger partial charge in [0.1, 0.15) is 5.41 Å². The third-order valence-corrected chi connectivity index (χ3v) is 7.55. The molecule has 1 aliphatic heterocycles. The first-order valence-corrected chi connectivity index (χ1v) is 13.4. The molecule has 2 aromatic rings. The normalized spacial score (nSPS) is 21.2. The van der Waals surface area contributed by atoms with Gasteiger partial charge in [-0.15, -0.1) is 11.3 Å². The zero-order chi connectivity index (χ0) is 26.6. The molecular formula is C28H30ClN3O4S. The van der Waals surface area contributed by atoms with Crippen molar-refractivity contribution in [3.63, 3.8) is 0 Å². The number of halogens is 1. The minimum Gasteiger partial charge on any atom is -0.465 e.